The topological polar surface area (TPSA) is 17.1 Å². The lowest BCUT2D eigenvalue weighted by molar-refractivity contribution is -0.116. The summed E-state index contributed by atoms with van der Waals surface area (Å²) in [5, 5.41) is 0. The van der Waals surface area contributed by atoms with Crippen LogP contribution in [0.25, 0.3) is 16.7 Å². The second-order valence-electron chi connectivity index (χ2n) is 18.6. The molecule has 0 amide bonds. The molecule has 324 valence electrons. The zero-order valence-electron chi connectivity index (χ0n) is 40.8. The zero-order valence-corrected chi connectivity index (χ0v) is 40.8. The van der Waals surface area contributed by atoms with Gasteiger partial charge in [-0.1, -0.05) is 180 Å². The molecule has 0 radical (unpaired) electrons. The van der Waals surface area contributed by atoms with Crippen LogP contribution in [-0.4, -0.2) is 5.78 Å². The number of Topliss-reactive ketones (excluding diaryl/α,β-unsaturated/α-hetero) is 1. The van der Waals surface area contributed by atoms with Crippen LogP contribution in [0.5, 0.6) is 0 Å². The molecule has 3 aromatic carbocycles. The van der Waals surface area contributed by atoms with Gasteiger partial charge in [0, 0.05) is 22.7 Å². The van der Waals surface area contributed by atoms with E-state index in [4.69, 9.17) is 0 Å². The summed E-state index contributed by atoms with van der Waals surface area (Å²) in [7, 11) is 0. The second kappa shape index (κ2) is 20.3. The standard InChI is InChI=1S/2C18H22.C17H20O.3C2H6/c2*1-12(2)18-10-9-13(3)14(4)17(18)16-8-6-5-7-15(16)11-18;1-11(2)17-9-8-15(18)12(3)16(17)14-7-5-4-6-13(14)10-17;3*1-2/h2*5-8,12H,3,9-11H2,1-2,4H3;4-7,11H,8-10H2,1-3H3;3*1-2H3. The molecular formula is C59H82O. The third-order valence-electron chi connectivity index (χ3n) is 15.3. The van der Waals surface area contributed by atoms with E-state index >= 15 is 0 Å². The number of hydrogen-bond donors (Lipinski definition) is 0. The van der Waals surface area contributed by atoms with Gasteiger partial charge in [-0.25, -0.2) is 0 Å². The van der Waals surface area contributed by atoms with Crippen molar-refractivity contribution in [2.24, 2.45) is 34.0 Å². The monoisotopic (exact) mass is 807 g/mol. The van der Waals surface area contributed by atoms with E-state index in [0.717, 1.165) is 24.8 Å². The molecule has 6 aliphatic carbocycles. The molecule has 0 N–H and O–H groups in total. The molecule has 3 unspecified atom stereocenters. The maximum atomic E-state index is 12.1. The lowest BCUT2D eigenvalue weighted by Gasteiger charge is -2.40. The average molecular weight is 807 g/mol. The first-order chi connectivity index (χ1) is 28.7. The number of rotatable bonds is 3. The van der Waals surface area contributed by atoms with Crippen molar-refractivity contribution >= 4 is 22.5 Å². The summed E-state index contributed by atoms with van der Waals surface area (Å²) in [5.74, 6) is 2.33. The molecule has 0 aliphatic heterocycles. The van der Waals surface area contributed by atoms with Crippen molar-refractivity contribution < 1.29 is 4.79 Å². The number of hydrogen-bond acceptors (Lipinski definition) is 1. The summed E-state index contributed by atoms with van der Waals surface area (Å²) in [5.41, 5.74) is 20.9. The van der Waals surface area contributed by atoms with E-state index in [1.807, 2.05) is 48.5 Å². The van der Waals surface area contributed by atoms with Gasteiger partial charge < -0.3 is 0 Å². The first kappa shape index (κ1) is 48.7. The van der Waals surface area contributed by atoms with Gasteiger partial charge in [-0.2, -0.15) is 0 Å². The highest BCUT2D eigenvalue weighted by molar-refractivity contribution is 6.06. The second-order valence-corrected chi connectivity index (χ2v) is 18.6. The normalized spacial score (nSPS) is 24.2. The zero-order chi connectivity index (χ0) is 44.7. The molecular weight excluding hydrogens is 725 g/mol. The van der Waals surface area contributed by atoms with Crippen molar-refractivity contribution in [3.63, 3.8) is 0 Å². The molecule has 0 saturated carbocycles. The SMILES string of the molecule is C=C1CCC2(C(C)C)Cc3ccccc3C2=C1C.C=C1CCC2(C(C)C)Cc3ccccc3C2=C1C.CC.CC.CC.CC1=C2c3ccccc3CC2(C(C)C)CCC1=O. The first-order valence-electron chi connectivity index (χ1n) is 24.0. The molecule has 0 fully saturated rings. The van der Waals surface area contributed by atoms with E-state index in [-0.39, 0.29) is 5.41 Å². The van der Waals surface area contributed by atoms with Gasteiger partial charge in [-0.15, -0.1) is 0 Å². The molecule has 1 nitrogen and oxygen atoms in total. The minimum atomic E-state index is 0.210. The molecule has 0 bridgehead atoms. The Balaban J connectivity index is 0.000000187. The predicted octanol–water partition coefficient (Wildman–Crippen LogP) is 17.1. The number of carbonyl (C=O) groups excluding carboxylic acids is 1. The highest BCUT2D eigenvalue weighted by Crippen LogP contribution is 2.61. The Morgan fingerprint density at radius 1 is 0.433 bits per heavy atom. The maximum absolute atomic E-state index is 12.1. The Kier molecular flexibility index (Phi) is 16.4. The Morgan fingerprint density at radius 2 is 0.700 bits per heavy atom. The minimum Gasteiger partial charge on any atom is -0.295 e. The molecule has 1 heteroatoms. The van der Waals surface area contributed by atoms with Crippen molar-refractivity contribution in [2.75, 3.05) is 0 Å². The molecule has 0 aromatic heterocycles. The van der Waals surface area contributed by atoms with Crippen LogP contribution < -0.4 is 0 Å². The predicted molar refractivity (Wildman–Crippen MR) is 265 cm³/mol. The van der Waals surface area contributed by atoms with Crippen LogP contribution >= 0.6 is 0 Å². The van der Waals surface area contributed by atoms with E-state index in [0.29, 0.717) is 34.4 Å². The molecule has 6 aliphatic rings. The van der Waals surface area contributed by atoms with Gasteiger partial charge in [-0.05, 0) is 157 Å². The minimum absolute atomic E-state index is 0.210. The summed E-state index contributed by atoms with van der Waals surface area (Å²) < 4.78 is 0. The fourth-order valence-corrected chi connectivity index (χ4v) is 11.7. The van der Waals surface area contributed by atoms with Gasteiger partial charge in [-0.3, -0.25) is 4.79 Å². The van der Waals surface area contributed by atoms with Gasteiger partial charge in [0.05, 0.1) is 0 Å². The Bertz CT molecular complexity index is 1880. The van der Waals surface area contributed by atoms with Crippen molar-refractivity contribution in [2.45, 2.75) is 162 Å². The molecule has 3 atom stereocenters. The fourth-order valence-electron chi connectivity index (χ4n) is 11.7. The summed E-state index contributed by atoms with van der Waals surface area (Å²) in [4.78, 5) is 12.1. The number of fused-ring (bicyclic) bond motifs is 9. The number of allylic oxidation sites excluding steroid dienone is 8. The maximum Gasteiger partial charge on any atom is 0.158 e. The van der Waals surface area contributed by atoms with Crippen LogP contribution in [0.3, 0.4) is 0 Å². The quantitative estimate of drug-likeness (QED) is 0.258. The smallest absolute Gasteiger partial charge is 0.158 e. The molecule has 0 saturated heterocycles. The van der Waals surface area contributed by atoms with Crippen LogP contribution in [-0.2, 0) is 24.1 Å². The van der Waals surface area contributed by atoms with Crippen LogP contribution in [0, 0.1) is 34.0 Å². The summed E-state index contributed by atoms with van der Waals surface area (Å²) >= 11 is 0. The van der Waals surface area contributed by atoms with E-state index in [1.165, 1.54) is 99.8 Å². The average Bonchev–Trinajstić information content (AvgIpc) is 3.93. The summed E-state index contributed by atoms with van der Waals surface area (Å²) in [6.07, 6.45) is 10.2. The molecule has 0 spiro atoms. The summed E-state index contributed by atoms with van der Waals surface area (Å²) in [6, 6.07) is 26.5. The van der Waals surface area contributed by atoms with Gasteiger partial charge in [0.1, 0.15) is 0 Å². The third-order valence-corrected chi connectivity index (χ3v) is 15.3. The molecule has 60 heavy (non-hydrogen) atoms. The first-order valence-corrected chi connectivity index (χ1v) is 24.0. The van der Waals surface area contributed by atoms with Crippen LogP contribution in [0.1, 0.15) is 176 Å². The highest BCUT2D eigenvalue weighted by atomic mass is 16.1. The van der Waals surface area contributed by atoms with Crippen LogP contribution in [0.15, 0.2) is 114 Å². The molecule has 0 heterocycles. The fraction of sp³-hybridized carbons (Fsp3) is 0.508. The van der Waals surface area contributed by atoms with Crippen LogP contribution in [0.4, 0.5) is 0 Å². The van der Waals surface area contributed by atoms with E-state index in [9.17, 15) is 4.79 Å². The molecule has 3 aromatic rings. The van der Waals surface area contributed by atoms with Crippen molar-refractivity contribution in [1.82, 2.24) is 0 Å². The number of carbonyl (C=O) groups is 1. The van der Waals surface area contributed by atoms with Gasteiger partial charge in [0.25, 0.3) is 0 Å². The van der Waals surface area contributed by atoms with Gasteiger partial charge in [0.2, 0.25) is 0 Å². The Morgan fingerprint density at radius 3 is 1.00 bits per heavy atom. The highest BCUT2D eigenvalue weighted by Gasteiger charge is 2.49. The van der Waals surface area contributed by atoms with E-state index in [2.05, 4.69) is 141 Å². The van der Waals surface area contributed by atoms with Crippen molar-refractivity contribution in [3.05, 3.63) is 147 Å². The summed E-state index contributed by atoms with van der Waals surface area (Å²) in [6.45, 7) is 41.2. The lowest BCUT2D eigenvalue weighted by Crippen LogP contribution is -2.32. The van der Waals surface area contributed by atoms with E-state index in [1.54, 1.807) is 11.1 Å². The van der Waals surface area contributed by atoms with Gasteiger partial charge in [0.15, 0.2) is 5.78 Å². The number of ketones is 1. The van der Waals surface area contributed by atoms with Crippen molar-refractivity contribution in [3.8, 4) is 0 Å². The lowest BCUT2D eigenvalue weighted by atomic mass is 9.63. The van der Waals surface area contributed by atoms with Crippen LogP contribution in [0.2, 0.25) is 0 Å². The molecule has 9 rings (SSSR count). The number of benzene rings is 3. The Hall–Kier alpha value is -3.97. The largest absolute Gasteiger partial charge is 0.295 e. The van der Waals surface area contributed by atoms with Crippen molar-refractivity contribution in [1.29, 1.82) is 0 Å². The Labute approximate surface area is 368 Å². The third kappa shape index (κ3) is 8.46. The van der Waals surface area contributed by atoms with Gasteiger partial charge >= 0.3 is 0 Å². The van der Waals surface area contributed by atoms with E-state index < -0.39 is 0 Å².